The highest BCUT2D eigenvalue weighted by Gasteiger charge is 2.16. The molecule has 0 spiro atoms. The highest BCUT2D eigenvalue weighted by molar-refractivity contribution is 7.05. The number of rotatable bonds is 6. The van der Waals surface area contributed by atoms with Gasteiger partial charge in [-0.05, 0) is 43.4 Å². The van der Waals surface area contributed by atoms with Crippen molar-refractivity contribution >= 4 is 11.5 Å². The molecule has 1 unspecified atom stereocenters. The first kappa shape index (κ1) is 13.2. The molecule has 1 aromatic carbocycles. The van der Waals surface area contributed by atoms with Crippen LogP contribution in [-0.2, 0) is 6.42 Å². The van der Waals surface area contributed by atoms with Gasteiger partial charge in [-0.2, -0.15) is 0 Å². The Kier molecular flexibility index (Phi) is 4.84. The molecule has 0 aliphatic rings. The highest BCUT2D eigenvalue weighted by atomic mass is 32.1. The number of benzene rings is 1. The van der Waals surface area contributed by atoms with Crippen LogP contribution >= 0.6 is 11.5 Å². The third kappa shape index (κ3) is 3.37. The van der Waals surface area contributed by atoms with Crippen molar-refractivity contribution in [2.75, 3.05) is 6.54 Å². The predicted octanol–water partition coefficient (Wildman–Crippen LogP) is 3.13. The van der Waals surface area contributed by atoms with E-state index in [9.17, 15) is 0 Å². The zero-order chi connectivity index (χ0) is 12.8. The molecule has 2 aromatic rings. The second-order valence-corrected chi connectivity index (χ2v) is 5.20. The first-order valence-corrected chi connectivity index (χ1v) is 7.14. The quantitative estimate of drug-likeness (QED) is 0.868. The van der Waals surface area contributed by atoms with Crippen molar-refractivity contribution in [2.24, 2.45) is 0 Å². The summed E-state index contributed by atoms with van der Waals surface area (Å²) in [5, 5.41) is 7.71. The lowest BCUT2D eigenvalue weighted by Gasteiger charge is -2.17. The Balaban J connectivity index is 2.13. The largest absolute Gasteiger partial charge is 0.309 e. The summed E-state index contributed by atoms with van der Waals surface area (Å²) in [5.74, 6) is 0. The standard InChI is InChI=1S/C14H19N3S/c1-3-9-15-13(14-11(2)16-17-18-14)10-12-7-5-4-6-8-12/h4-8,13,15H,3,9-10H2,1-2H3. The fraction of sp³-hybridized carbons (Fsp3) is 0.429. The van der Waals surface area contributed by atoms with Crippen molar-refractivity contribution in [1.82, 2.24) is 14.9 Å². The molecule has 0 saturated heterocycles. The van der Waals surface area contributed by atoms with Gasteiger partial charge in [-0.3, -0.25) is 0 Å². The van der Waals surface area contributed by atoms with Crippen LogP contribution < -0.4 is 5.32 Å². The minimum Gasteiger partial charge on any atom is -0.309 e. The SMILES string of the molecule is CCCNC(Cc1ccccc1)c1snnc1C. The van der Waals surface area contributed by atoms with Crippen LogP contribution in [0.4, 0.5) is 0 Å². The van der Waals surface area contributed by atoms with Crippen LogP contribution in [0.15, 0.2) is 30.3 Å². The van der Waals surface area contributed by atoms with Crippen molar-refractivity contribution in [3.63, 3.8) is 0 Å². The van der Waals surface area contributed by atoms with E-state index in [2.05, 4.69) is 52.2 Å². The summed E-state index contributed by atoms with van der Waals surface area (Å²) in [6.45, 7) is 5.24. The summed E-state index contributed by atoms with van der Waals surface area (Å²) < 4.78 is 4.04. The Hall–Kier alpha value is -1.26. The molecule has 0 bridgehead atoms. The molecule has 0 amide bonds. The molecular formula is C14H19N3S. The number of hydrogen-bond donors (Lipinski definition) is 1. The summed E-state index contributed by atoms with van der Waals surface area (Å²) in [6.07, 6.45) is 2.13. The Bertz CT molecular complexity index is 467. The van der Waals surface area contributed by atoms with E-state index in [1.807, 2.05) is 6.92 Å². The number of aromatic nitrogens is 2. The first-order valence-electron chi connectivity index (χ1n) is 6.37. The molecule has 3 nitrogen and oxygen atoms in total. The molecule has 0 radical (unpaired) electrons. The van der Waals surface area contributed by atoms with Gasteiger partial charge in [-0.1, -0.05) is 41.7 Å². The molecule has 4 heteroatoms. The van der Waals surface area contributed by atoms with Crippen LogP contribution in [0.2, 0.25) is 0 Å². The van der Waals surface area contributed by atoms with Crippen LogP contribution in [0.1, 0.15) is 35.5 Å². The van der Waals surface area contributed by atoms with E-state index in [0.29, 0.717) is 6.04 Å². The van der Waals surface area contributed by atoms with Crippen LogP contribution in [-0.4, -0.2) is 16.1 Å². The second-order valence-electron chi connectivity index (χ2n) is 4.42. The highest BCUT2D eigenvalue weighted by Crippen LogP contribution is 2.23. The van der Waals surface area contributed by atoms with Gasteiger partial charge < -0.3 is 5.32 Å². The van der Waals surface area contributed by atoms with E-state index in [-0.39, 0.29) is 0 Å². The molecule has 2 rings (SSSR count). The molecule has 0 aliphatic heterocycles. The second kappa shape index (κ2) is 6.61. The summed E-state index contributed by atoms with van der Waals surface area (Å²) in [6, 6.07) is 10.9. The number of hydrogen-bond acceptors (Lipinski definition) is 4. The van der Waals surface area contributed by atoms with E-state index >= 15 is 0 Å². The Morgan fingerprint density at radius 1 is 1.28 bits per heavy atom. The van der Waals surface area contributed by atoms with Gasteiger partial charge in [0.1, 0.15) is 0 Å². The number of nitrogens with one attached hydrogen (secondary N) is 1. The molecule has 1 atom stereocenters. The van der Waals surface area contributed by atoms with Gasteiger partial charge in [0.25, 0.3) is 0 Å². The molecule has 96 valence electrons. The van der Waals surface area contributed by atoms with E-state index in [1.54, 1.807) is 0 Å². The fourth-order valence-corrected chi connectivity index (χ4v) is 2.70. The molecular weight excluding hydrogens is 242 g/mol. The van der Waals surface area contributed by atoms with Crippen LogP contribution in [0, 0.1) is 6.92 Å². The van der Waals surface area contributed by atoms with Crippen LogP contribution in [0.25, 0.3) is 0 Å². The molecule has 0 saturated carbocycles. The van der Waals surface area contributed by atoms with Gasteiger partial charge >= 0.3 is 0 Å². The summed E-state index contributed by atoms with van der Waals surface area (Å²) in [7, 11) is 0. The average molecular weight is 261 g/mol. The van der Waals surface area contributed by atoms with E-state index in [0.717, 1.165) is 25.1 Å². The number of nitrogens with zero attached hydrogens (tertiary/aromatic N) is 2. The summed E-state index contributed by atoms with van der Waals surface area (Å²) >= 11 is 1.50. The topological polar surface area (TPSA) is 37.8 Å². The zero-order valence-electron chi connectivity index (χ0n) is 10.9. The Morgan fingerprint density at radius 3 is 2.67 bits per heavy atom. The molecule has 1 aromatic heterocycles. The summed E-state index contributed by atoms with van der Waals surface area (Å²) in [4.78, 5) is 1.26. The van der Waals surface area contributed by atoms with Crippen molar-refractivity contribution in [3.8, 4) is 0 Å². The molecule has 1 N–H and O–H groups in total. The van der Waals surface area contributed by atoms with E-state index in [1.165, 1.54) is 22.0 Å². The summed E-state index contributed by atoms with van der Waals surface area (Å²) in [5.41, 5.74) is 2.39. The minimum atomic E-state index is 0.326. The minimum absolute atomic E-state index is 0.326. The average Bonchev–Trinajstić information content (AvgIpc) is 2.82. The smallest absolute Gasteiger partial charge is 0.0772 e. The third-order valence-electron chi connectivity index (χ3n) is 2.93. The predicted molar refractivity (Wildman–Crippen MR) is 75.8 cm³/mol. The lowest BCUT2D eigenvalue weighted by atomic mass is 10.0. The van der Waals surface area contributed by atoms with Gasteiger partial charge in [0.2, 0.25) is 0 Å². The zero-order valence-corrected chi connectivity index (χ0v) is 11.7. The molecule has 0 fully saturated rings. The van der Waals surface area contributed by atoms with Crippen LogP contribution in [0.3, 0.4) is 0 Å². The lowest BCUT2D eigenvalue weighted by Crippen LogP contribution is -2.24. The maximum Gasteiger partial charge on any atom is 0.0772 e. The Labute approximate surface area is 112 Å². The first-order chi connectivity index (χ1) is 8.81. The molecule has 18 heavy (non-hydrogen) atoms. The van der Waals surface area contributed by atoms with Gasteiger partial charge in [0.15, 0.2) is 0 Å². The normalized spacial score (nSPS) is 12.6. The van der Waals surface area contributed by atoms with Gasteiger partial charge in [-0.25, -0.2) is 0 Å². The van der Waals surface area contributed by atoms with Crippen molar-refractivity contribution < 1.29 is 0 Å². The molecule has 1 heterocycles. The monoisotopic (exact) mass is 261 g/mol. The van der Waals surface area contributed by atoms with Crippen molar-refractivity contribution in [2.45, 2.75) is 32.7 Å². The molecule has 0 aliphatic carbocycles. The Morgan fingerprint density at radius 2 is 2.06 bits per heavy atom. The van der Waals surface area contributed by atoms with Crippen molar-refractivity contribution in [3.05, 3.63) is 46.5 Å². The fourth-order valence-electron chi connectivity index (χ4n) is 1.98. The van der Waals surface area contributed by atoms with E-state index < -0.39 is 0 Å². The third-order valence-corrected chi connectivity index (χ3v) is 3.87. The van der Waals surface area contributed by atoms with E-state index in [4.69, 9.17) is 0 Å². The van der Waals surface area contributed by atoms with Gasteiger partial charge in [0, 0.05) is 6.04 Å². The maximum atomic E-state index is 4.12. The maximum absolute atomic E-state index is 4.12. The van der Waals surface area contributed by atoms with Crippen molar-refractivity contribution in [1.29, 1.82) is 0 Å². The number of aryl methyl sites for hydroxylation is 1. The lowest BCUT2D eigenvalue weighted by molar-refractivity contribution is 0.533. The van der Waals surface area contributed by atoms with Gasteiger partial charge in [0.05, 0.1) is 10.6 Å². The van der Waals surface area contributed by atoms with Crippen LogP contribution in [0.5, 0.6) is 0 Å². The van der Waals surface area contributed by atoms with Gasteiger partial charge in [-0.15, -0.1) is 5.10 Å².